The SMILES string of the molecule is COc1cccc2sc(NC(=O)C3CC3(Cl)Cl)nc12. The van der Waals surface area contributed by atoms with Crippen molar-refractivity contribution in [3.63, 3.8) is 0 Å². The van der Waals surface area contributed by atoms with E-state index in [1.807, 2.05) is 18.2 Å². The molecule has 2 aromatic rings. The first-order valence-corrected chi connectivity index (χ1v) is 7.21. The number of hydrogen-bond acceptors (Lipinski definition) is 4. The molecular weight excluding hydrogens is 307 g/mol. The van der Waals surface area contributed by atoms with Gasteiger partial charge in [-0.2, -0.15) is 0 Å². The summed E-state index contributed by atoms with van der Waals surface area (Å²) in [5.41, 5.74) is 0.740. The number of anilines is 1. The van der Waals surface area contributed by atoms with Crippen molar-refractivity contribution in [2.75, 3.05) is 12.4 Å². The minimum atomic E-state index is -0.918. The van der Waals surface area contributed by atoms with Crippen molar-refractivity contribution in [1.29, 1.82) is 0 Å². The number of hydrogen-bond donors (Lipinski definition) is 1. The molecule has 1 aliphatic rings. The highest BCUT2D eigenvalue weighted by Gasteiger charge is 2.56. The van der Waals surface area contributed by atoms with Gasteiger partial charge in [0.15, 0.2) is 5.13 Å². The Morgan fingerprint density at radius 2 is 2.32 bits per heavy atom. The Morgan fingerprint density at radius 1 is 1.58 bits per heavy atom. The summed E-state index contributed by atoms with van der Waals surface area (Å²) in [6.45, 7) is 0. The molecule has 1 fully saturated rings. The van der Waals surface area contributed by atoms with Gasteiger partial charge < -0.3 is 10.1 Å². The average Bonchev–Trinajstić information content (AvgIpc) is 2.83. The number of amides is 1. The molecule has 1 atom stereocenters. The Kier molecular flexibility index (Phi) is 3.08. The van der Waals surface area contributed by atoms with E-state index in [-0.39, 0.29) is 11.8 Å². The Morgan fingerprint density at radius 3 is 2.95 bits per heavy atom. The van der Waals surface area contributed by atoms with Crippen LogP contribution < -0.4 is 10.1 Å². The van der Waals surface area contributed by atoms with Crippen LogP contribution in [0.4, 0.5) is 5.13 Å². The highest BCUT2D eigenvalue weighted by atomic mass is 35.5. The van der Waals surface area contributed by atoms with Crippen molar-refractivity contribution < 1.29 is 9.53 Å². The van der Waals surface area contributed by atoms with Crippen LogP contribution in [-0.4, -0.2) is 22.3 Å². The molecule has 0 saturated heterocycles. The largest absolute Gasteiger partial charge is 0.494 e. The van der Waals surface area contributed by atoms with E-state index < -0.39 is 4.33 Å². The fraction of sp³-hybridized carbons (Fsp3) is 0.333. The second kappa shape index (κ2) is 4.51. The number of rotatable bonds is 3. The summed E-state index contributed by atoms with van der Waals surface area (Å²) in [5.74, 6) is 0.137. The predicted octanol–water partition coefficient (Wildman–Crippen LogP) is 3.44. The molecule has 19 heavy (non-hydrogen) atoms. The smallest absolute Gasteiger partial charge is 0.232 e. The number of fused-ring (bicyclic) bond motifs is 1. The van der Waals surface area contributed by atoms with E-state index in [2.05, 4.69) is 10.3 Å². The van der Waals surface area contributed by atoms with Crippen molar-refractivity contribution in [3.05, 3.63) is 18.2 Å². The van der Waals surface area contributed by atoms with Crippen LogP contribution in [-0.2, 0) is 4.79 Å². The van der Waals surface area contributed by atoms with Crippen molar-refractivity contribution in [2.24, 2.45) is 5.92 Å². The van der Waals surface area contributed by atoms with E-state index in [0.29, 0.717) is 17.3 Å². The third-order valence-corrected chi connectivity index (χ3v) is 4.75. The van der Waals surface area contributed by atoms with Gasteiger partial charge in [0.2, 0.25) is 5.91 Å². The van der Waals surface area contributed by atoms with Crippen LogP contribution in [0.25, 0.3) is 10.2 Å². The van der Waals surface area contributed by atoms with Crippen LogP contribution in [0.5, 0.6) is 5.75 Å². The van der Waals surface area contributed by atoms with E-state index in [1.54, 1.807) is 7.11 Å². The van der Waals surface area contributed by atoms with Crippen molar-refractivity contribution >= 4 is 55.8 Å². The molecule has 0 spiro atoms. The van der Waals surface area contributed by atoms with Crippen LogP contribution in [0.15, 0.2) is 18.2 Å². The Bertz CT molecular complexity index is 656. The summed E-state index contributed by atoms with van der Waals surface area (Å²) in [4.78, 5) is 16.2. The molecule has 0 radical (unpaired) electrons. The molecular formula is C12H10Cl2N2O2S. The summed E-state index contributed by atoms with van der Waals surface area (Å²) >= 11 is 13.1. The van der Waals surface area contributed by atoms with Gasteiger partial charge in [0.1, 0.15) is 15.6 Å². The molecule has 0 aliphatic heterocycles. The summed E-state index contributed by atoms with van der Waals surface area (Å²) in [6.07, 6.45) is 0.482. The van der Waals surface area contributed by atoms with E-state index in [9.17, 15) is 4.79 Å². The maximum atomic E-state index is 11.9. The van der Waals surface area contributed by atoms with Gasteiger partial charge in [0, 0.05) is 0 Å². The number of para-hydroxylation sites is 1. The van der Waals surface area contributed by atoms with E-state index in [1.165, 1.54) is 11.3 Å². The van der Waals surface area contributed by atoms with E-state index >= 15 is 0 Å². The lowest BCUT2D eigenvalue weighted by molar-refractivity contribution is -0.117. The second-order valence-electron chi connectivity index (χ2n) is 4.33. The molecule has 1 amide bonds. The van der Waals surface area contributed by atoms with Crippen LogP contribution in [0.1, 0.15) is 6.42 Å². The summed E-state index contributed by atoms with van der Waals surface area (Å²) in [7, 11) is 1.59. The normalized spacial score (nSPS) is 20.3. The number of aromatic nitrogens is 1. The molecule has 0 bridgehead atoms. The third-order valence-electron chi connectivity index (χ3n) is 2.97. The maximum absolute atomic E-state index is 11.9. The fourth-order valence-corrected chi connectivity index (χ4v) is 3.22. The minimum absolute atomic E-state index is 0.192. The number of halogens is 2. The lowest BCUT2D eigenvalue weighted by Gasteiger charge is -2.00. The Labute approximate surface area is 123 Å². The number of nitrogens with one attached hydrogen (secondary N) is 1. The number of carbonyl (C=O) groups is 1. The minimum Gasteiger partial charge on any atom is -0.494 e. The highest BCUT2D eigenvalue weighted by Crippen LogP contribution is 2.53. The van der Waals surface area contributed by atoms with Crippen molar-refractivity contribution in [2.45, 2.75) is 10.8 Å². The monoisotopic (exact) mass is 316 g/mol. The number of benzene rings is 1. The zero-order valence-electron chi connectivity index (χ0n) is 9.94. The number of carbonyl (C=O) groups excluding carboxylic acids is 1. The predicted molar refractivity (Wildman–Crippen MR) is 77.3 cm³/mol. The molecule has 1 aromatic heterocycles. The zero-order valence-corrected chi connectivity index (χ0v) is 12.3. The van der Waals surface area contributed by atoms with Gasteiger partial charge in [-0.25, -0.2) is 4.98 Å². The third kappa shape index (κ3) is 2.38. The van der Waals surface area contributed by atoms with E-state index in [0.717, 1.165) is 10.2 Å². The van der Waals surface area contributed by atoms with Crippen molar-refractivity contribution in [1.82, 2.24) is 4.98 Å². The highest BCUT2D eigenvalue weighted by molar-refractivity contribution is 7.22. The summed E-state index contributed by atoms with van der Waals surface area (Å²) in [6, 6.07) is 5.64. The van der Waals surface area contributed by atoms with Gasteiger partial charge in [0.05, 0.1) is 17.7 Å². The van der Waals surface area contributed by atoms with Gasteiger partial charge in [0.25, 0.3) is 0 Å². The number of thiazole rings is 1. The van der Waals surface area contributed by atoms with Gasteiger partial charge in [-0.05, 0) is 18.6 Å². The summed E-state index contributed by atoms with van der Waals surface area (Å²) in [5, 5.41) is 3.27. The number of nitrogens with zero attached hydrogens (tertiary/aromatic N) is 1. The van der Waals surface area contributed by atoms with Crippen LogP contribution in [0.3, 0.4) is 0 Å². The lowest BCUT2D eigenvalue weighted by Crippen LogP contribution is -2.16. The molecule has 1 aromatic carbocycles. The van der Waals surface area contributed by atoms with Gasteiger partial charge in [-0.15, -0.1) is 23.2 Å². The van der Waals surface area contributed by atoms with Crippen LogP contribution in [0.2, 0.25) is 0 Å². The van der Waals surface area contributed by atoms with Gasteiger partial charge in [-0.3, -0.25) is 4.79 Å². The van der Waals surface area contributed by atoms with Crippen LogP contribution >= 0.6 is 34.5 Å². The number of alkyl halides is 2. The first-order chi connectivity index (χ1) is 9.01. The fourth-order valence-electron chi connectivity index (χ4n) is 1.83. The molecule has 1 saturated carbocycles. The quantitative estimate of drug-likeness (QED) is 0.882. The Hall–Kier alpha value is -1.04. The topological polar surface area (TPSA) is 51.2 Å². The molecule has 1 unspecified atom stereocenters. The molecule has 7 heteroatoms. The Balaban J connectivity index is 1.84. The molecule has 100 valence electrons. The zero-order chi connectivity index (χ0) is 13.6. The second-order valence-corrected chi connectivity index (χ2v) is 6.91. The molecule has 1 heterocycles. The average molecular weight is 317 g/mol. The van der Waals surface area contributed by atoms with Crippen LogP contribution in [0, 0.1) is 5.92 Å². The van der Waals surface area contributed by atoms with E-state index in [4.69, 9.17) is 27.9 Å². The van der Waals surface area contributed by atoms with Gasteiger partial charge in [-0.1, -0.05) is 17.4 Å². The maximum Gasteiger partial charge on any atom is 0.232 e. The summed E-state index contributed by atoms with van der Waals surface area (Å²) < 4.78 is 5.26. The first-order valence-electron chi connectivity index (χ1n) is 5.63. The molecule has 1 aliphatic carbocycles. The molecule has 3 rings (SSSR count). The molecule has 1 N–H and O–H groups in total. The first kappa shape index (κ1) is 13.0. The van der Waals surface area contributed by atoms with Gasteiger partial charge >= 0.3 is 0 Å². The standard InChI is InChI=1S/C12H10Cl2N2O2S/c1-18-7-3-2-4-8-9(7)15-11(19-8)16-10(17)6-5-12(6,13)14/h2-4,6H,5H2,1H3,(H,15,16,17). The van der Waals surface area contributed by atoms with Crippen molar-refractivity contribution in [3.8, 4) is 5.75 Å². The lowest BCUT2D eigenvalue weighted by atomic mass is 10.3. The number of methoxy groups -OCH3 is 1. The number of ether oxygens (including phenoxy) is 1. The molecule has 4 nitrogen and oxygen atoms in total.